The Morgan fingerprint density at radius 3 is 2.90 bits per heavy atom. The first-order valence-corrected chi connectivity index (χ1v) is 6.87. The van der Waals surface area contributed by atoms with E-state index in [1.807, 2.05) is 0 Å². The average Bonchev–Trinajstić information content (AvgIpc) is 3.13. The van der Waals surface area contributed by atoms with Gasteiger partial charge >= 0.3 is 0 Å². The minimum absolute atomic E-state index is 0.201. The van der Waals surface area contributed by atoms with Gasteiger partial charge in [-0.1, -0.05) is 0 Å². The van der Waals surface area contributed by atoms with Gasteiger partial charge in [0.2, 0.25) is 6.79 Å². The Labute approximate surface area is 117 Å². The third kappa shape index (κ3) is 3.02. The molecule has 1 saturated heterocycles. The number of hydrogen-bond acceptors (Lipinski definition) is 5. The summed E-state index contributed by atoms with van der Waals surface area (Å²) in [5.74, 6) is 0.982. The van der Waals surface area contributed by atoms with Crippen LogP contribution in [-0.2, 0) is 4.84 Å². The second-order valence-electron chi connectivity index (χ2n) is 4.90. The molecular weight excluding hydrogens is 260 g/mol. The van der Waals surface area contributed by atoms with Crippen molar-refractivity contribution < 1.29 is 19.1 Å². The molecule has 0 radical (unpaired) electrons. The van der Waals surface area contributed by atoms with E-state index in [4.69, 9.17) is 14.3 Å². The van der Waals surface area contributed by atoms with Gasteiger partial charge in [-0.15, -0.1) is 0 Å². The maximum absolute atomic E-state index is 11.9. The molecule has 0 bridgehead atoms. The molecule has 1 fully saturated rings. The number of ether oxygens (including phenoxy) is 2. The van der Waals surface area contributed by atoms with E-state index in [9.17, 15) is 4.79 Å². The molecule has 0 aromatic heterocycles. The molecule has 1 N–H and O–H groups in total. The molecule has 1 aromatic carbocycles. The Kier molecular flexibility index (Phi) is 4.03. The maximum atomic E-state index is 11.9. The van der Waals surface area contributed by atoms with Gasteiger partial charge in [0.15, 0.2) is 11.5 Å². The summed E-state index contributed by atoms with van der Waals surface area (Å²) in [6.07, 6.45) is 2.51. The van der Waals surface area contributed by atoms with Crippen LogP contribution in [0.2, 0.25) is 0 Å². The van der Waals surface area contributed by atoms with Gasteiger partial charge in [0.05, 0.1) is 6.61 Å². The minimum Gasteiger partial charge on any atom is -0.454 e. The van der Waals surface area contributed by atoms with E-state index in [2.05, 4.69) is 10.4 Å². The molecule has 0 atom stereocenters. The molecule has 108 valence electrons. The summed E-state index contributed by atoms with van der Waals surface area (Å²) in [4.78, 5) is 19.4. The molecule has 1 aromatic rings. The summed E-state index contributed by atoms with van der Waals surface area (Å²) in [6, 6.07) is 5.07. The van der Waals surface area contributed by atoms with Crippen LogP contribution in [0.15, 0.2) is 18.2 Å². The number of fused-ring (bicyclic) bond motifs is 1. The Hall–Kier alpha value is -1.79. The van der Waals surface area contributed by atoms with Gasteiger partial charge in [-0.25, -0.2) is 5.48 Å². The Balaban J connectivity index is 1.44. The highest BCUT2D eigenvalue weighted by Crippen LogP contribution is 2.32. The zero-order valence-electron chi connectivity index (χ0n) is 11.3. The van der Waals surface area contributed by atoms with Crippen LogP contribution in [0, 0.1) is 0 Å². The van der Waals surface area contributed by atoms with E-state index in [1.54, 1.807) is 18.2 Å². The molecule has 1 amide bonds. The van der Waals surface area contributed by atoms with Gasteiger partial charge in [0.1, 0.15) is 0 Å². The average molecular weight is 278 g/mol. The fourth-order valence-electron chi connectivity index (χ4n) is 2.39. The van der Waals surface area contributed by atoms with Gasteiger partial charge in [0, 0.05) is 12.1 Å². The highest BCUT2D eigenvalue weighted by atomic mass is 16.7. The summed E-state index contributed by atoms with van der Waals surface area (Å²) in [6.45, 7) is 3.80. The summed E-state index contributed by atoms with van der Waals surface area (Å²) >= 11 is 0. The number of carbonyl (C=O) groups excluding carboxylic acids is 1. The van der Waals surface area contributed by atoms with E-state index >= 15 is 0 Å². The second-order valence-corrected chi connectivity index (χ2v) is 4.90. The zero-order chi connectivity index (χ0) is 13.8. The molecule has 2 heterocycles. The molecule has 20 heavy (non-hydrogen) atoms. The predicted molar refractivity (Wildman–Crippen MR) is 71.7 cm³/mol. The quantitative estimate of drug-likeness (QED) is 0.647. The summed E-state index contributed by atoms with van der Waals surface area (Å²) < 4.78 is 10.4. The van der Waals surface area contributed by atoms with Crippen molar-refractivity contribution in [1.82, 2.24) is 10.4 Å². The second kappa shape index (κ2) is 6.11. The summed E-state index contributed by atoms with van der Waals surface area (Å²) in [5, 5.41) is 0. The van der Waals surface area contributed by atoms with Crippen molar-refractivity contribution in [3.63, 3.8) is 0 Å². The van der Waals surface area contributed by atoms with Crippen molar-refractivity contribution >= 4 is 5.91 Å². The minimum atomic E-state index is -0.273. The molecule has 0 aliphatic carbocycles. The van der Waals surface area contributed by atoms with Crippen LogP contribution < -0.4 is 15.0 Å². The maximum Gasteiger partial charge on any atom is 0.274 e. The van der Waals surface area contributed by atoms with Crippen LogP contribution in [0.3, 0.4) is 0 Å². The molecule has 3 rings (SSSR count). The number of rotatable bonds is 5. The molecule has 0 spiro atoms. The van der Waals surface area contributed by atoms with Crippen molar-refractivity contribution in [1.29, 1.82) is 0 Å². The highest BCUT2D eigenvalue weighted by molar-refractivity contribution is 5.94. The van der Waals surface area contributed by atoms with Gasteiger partial charge in [0.25, 0.3) is 5.91 Å². The normalized spacial score (nSPS) is 17.4. The molecule has 2 aliphatic rings. The number of hydrogen-bond donors (Lipinski definition) is 1. The SMILES string of the molecule is O=C(NOCCN1CCCC1)c1ccc2c(c1)OCO2. The summed E-state index contributed by atoms with van der Waals surface area (Å²) in [5.41, 5.74) is 2.95. The third-order valence-corrected chi connectivity index (χ3v) is 3.51. The molecule has 2 aliphatic heterocycles. The predicted octanol–water partition coefficient (Wildman–Crippen LogP) is 1.17. The standard InChI is InChI=1S/C14H18N2O4/c17-14(15-20-8-7-16-5-1-2-6-16)11-3-4-12-13(9-11)19-10-18-12/h3-4,9H,1-2,5-8,10H2,(H,15,17). The van der Waals surface area contributed by atoms with E-state index in [-0.39, 0.29) is 12.7 Å². The van der Waals surface area contributed by atoms with E-state index in [0.29, 0.717) is 23.7 Å². The van der Waals surface area contributed by atoms with Crippen molar-refractivity contribution in [3.05, 3.63) is 23.8 Å². The van der Waals surface area contributed by atoms with Gasteiger partial charge < -0.3 is 14.4 Å². The molecule has 6 nitrogen and oxygen atoms in total. The Morgan fingerprint density at radius 2 is 2.05 bits per heavy atom. The number of nitrogens with zero attached hydrogens (tertiary/aromatic N) is 1. The van der Waals surface area contributed by atoms with E-state index in [0.717, 1.165) is 19.6 Å². The first kappa shape index (κ1) is 13.2. The third-order valence-electron chi connectivity index (χ3n) is 3.51. The van der Waals surface area contributed by atoms with Crippen LogP contribution in [-0.4, -0.2) is 43.8 Å². The van der Waals surface area contributed by atoms with E-state index < -0.39 is 0 Å². The fourth-order valence-corrected chi connectivity index (χ4v) is 2.39. The van der Waals surface area contributed by atoms with Crippen LogP contribution in [0.4, 0.5) is 0 Å². The Morgan fingerprint density at radius 1 is 1.25 bits per heavy atom. The molecule has 0 unspecified atom stereocenters. The molecule has 6 heteroatoms. The number of carbonyl (C=O) groups is 1. The van der Waals surface area contributed by atoms with Gasteiger partial charge in [-0.2, -0.15) is 0 Å². The Bertz CT molecular complexity index is 486. The topological polar surface area (TPSA) is 60.0 Å². The number of nitrogens with one attached hydrogen (secondary N) is 1. The molecular formula is C14H18N2O4. The first-order valence-electron chi connectivity index (χ1n) is 6.87. The number of hydroxylamine groups is 1. The smallest absolute Gasteiger partial charge is 0.274 e. The van der Waals surface area contributed by atoms with Gasteiger partial charge in [-0.3, -0.25) is 9.63 Å². The van der Waals surface area contributed by atoms with Crippen LogP contribution in [0.5, 0.6) is 11.5 Å². The largest absolute Gasteiger partial charge is 0.454 e. The number of benzene rings is 1. The lowest BCUT2D eigenvalue weighted by Gasteiger charge is -2.14. The van der Waals surface area contributed by atoms with Crippen LogP contribution in [0.25, 0.3) is 0 Å². The lowest BCUT2D eigenvalue weighted by atomic mass is 10.2. The van der Waals surface area contributed by atoms with Crippen LogP contribution in [0.1, 0.15) is 23.2 Å². The number of amides is 1. The molecule has 0 saturated carbocycles. The van der Waals surface area contributed by atoms with Crippen molar-refractivity contribution in [2.24, 2.45) is 0 Å². The van der Waals surface area contributed by atoms with E-state index in [1.165, 1.54) is 12.8 Å². The van der Waals surface area contributed by atoms with Gasteiger partial charge in [-0.05, 0) is 44.1 Å². The van der Waals surface area contributed by atoms with Crippen LogP contribution >= 0.6 is 0 Å². The zero-order valence-corrected chi connectivity index (χ0v) is 11.3. The summed E-state index contributed by atoms with van der Waals surface area (Å²) in [7, 11) is 0. The van der Waals surface area contributed by atoms with Crippen molar-refractivity contribution in [2.45, 2.75) is 12.8 Å². The lowest BCUT2D eigenvalue weighted by molar-refractivity contribution is 0.0244. The fraction of sp³-hybridized carbons (Fsp3) is 0.500. The highest BCUT2D eigenvalue weighted by Gasteiger charge is 2.16. The number of likely N-dealkylation sites (tertiary alicyclic amines) is 1. The van der Waals surface area contributed by atoms with Crippen molar-refractivity contribution in [3.8, 4) is 11.5 Å². The first-order chi connectivity index (χ1) is 9.83. The monoisotopic (exact) mass is 278 g/mol. The van der Waals surface area contributed by atoms with Crippen molar-refractivity contribution in [2.75, 3.05) is 33.0 Å². The lowest BCUT2D eigenvalue weighted by Crippen LogP contribution is -2.30.